The van der Waals surface area contributed by atoms with Crippen LogP contribution in [0.25, 0.3) is 16.8 Å². The third kappa shape index (κ3) is 11.0. The van der Waals surface area contributed by atoms with E-state index < -0.39 is 5.67 Å². The summed E-state index contributed by atoms with van der Waals surface area (Å²) in [6.45, 7) is 12.7. The molecule has 0 aliphatic carbocycles. The largest absolute Gasteiger partial charge is 0.481 e. The van der Waals surface area contributed by atoms with Crippen molar-refractivity contribution < 1.29 is 44.6 Å². The van der Waals surface area contributed by atoms with Crippen LogP contribution in [-0.4, -0.2) is 48.3 Å². The number of piperidine rings is 1. The van der Waals surface area contributed by atoms with Crippen molar-refractivity contribution in [3.05, 3.63) is 60.5 Å². The van der Waals surface area contributed by atoms with Crippen molar-refractivity contribution in [1.82, 2.24) is 15.2 Å². The maximum absolute atomic E-state index is 14.8. The molecule has 8 heteroatoms. The minimum Gasteiger partial charge on any atom is -0.481 e. The molecule has 0 spiro atoms. The first-order valence-corrected chi connectivity index (χ1v) is 12.9. The second-order valence-corrected chi connectivity index (χ2v) is 10.5. The Morgan fingerprint density at radius 3 is 2.51 bits per heavy atom. The maximum Gasteiger partial charge on any atom is 0.213 e. The number of unbranched alkanes of at least 4 members (excludes halogenated alkanes) is 1. The van der Waals surface area contributed by atoms with Gasteiger partial charge in [0.25, 0.3) is 0 Å². The molecule has 0 amide bonds. The van der Waals surface area contributed by atoms with E-state index in [1.165, 1.54) is 6.07 Å². The van der Waals surface area contributed by atoms with Crippen LogP contribution in [0.3, 0.4) is 0 Å². The Balaban J connectivity index is 0.00000481. The summed E-state index contributed by atoms with van der Waals surface area (Å²) in [5.41, 5.74) is 7.14. The summed E-state index contributed by atoms with van der Waals surface area (Å²) in [5, 5.41) is 3.20. The van der Waals surface area contributed by atoms with Crippen LogP contribution in [0.15, 0.2) is 43.1 Å². The smallest absolute Gasteiger partial charge is 0.213 e. The van der Waals surface area contributed by atoms with Gasteiger partial charge in [-0.3, -0.25) is 6.04 Å². The number of hydrogen-bond donors (Lipinski definition) is 2. The summed E-state index contributed by atoms with van der Waals surface area (Å²) in [4.78, 5) is 6.60. The molecule has 1 aromatic carbocycles. The van der Waals surface area contributed by atoms with E-state index in [9.17, 15) is 8.78 Å². The topological polar surface area (TPSA) is 63.4 Å². The molecule has 1 fully saturated rings. The van der Waals surface area contributed by atoms with Gasteiger partial charge in [-0.05, 0) is 75.9 Å². The van der Waals surface area contributed by atoms with Crippen LogP contribution >= 0.6 is 0 Å². The number of nitrogens with zero attached hydrogens (tertiary/aromatic N) is 2. The van der Waals surface area contributed by atoms with Gasteiger partial charge in [-0.15, -0.1) is 0 Å². The molecule has 0 saturated carbocycles. The summed E-state index contributed by atoms with van der Waals surface area (Å²) >= 11 is 0. The summed E-state index contributed by atoms with van der Waals surface area (Å²) in [5.74, 6) is 0.680. The van der Waals surface area contributed by atoms with E-state index in [2.05, 4.69) is 21.8 Å². The maximum atomic E-state index is 14.8. The molecular formula is C29H41F2N4OU-. The fraction of sp³-hybridized carbons (Fsp3) is 0.517. The molecule has 0 unspecified atom stereocenters. The third-order valence-corrected chi connectivity index (χ3v) is 6.47. The van der Waals surface area contributed by atoms with Crippen LogP contribution in [0.4, 0.5) is 8.78 Å². The molecule has 5 nitrogen and oxygen atoms in total. The minimum atomic E-state index is -1.16. The van der Waals surface area contributed by atoms with Gasteiger partial charge in [0.15, 0.2) is 0 Å². The van der Waals surface area contributed by atoms with E-state index in [1.54, 1.807) is 26.1 Å². The van der Waals surface area contributed by atoms with Gasteiger partial charge in [-0.25, -0.2) is 13.8 Å². The molecule has 202 valence electrons. The number of aromatic nitrogens is 1. The molecule has 2 heterocycles. The Bertz CT molecular complexity index is 971. The van der Waals surface area contributed by atoms with Crippen LogP contribution in [0.5, 0.6) is 5.88 Å². The van der Waals surface area contributed by atoms with Crippen molar-refractivity contribution in [1.29, 1.82) is 0 Å². The summed E-state index contributed by atoms with van der Waals surface area (Å²) in [7, 11) is 0. The zero-order valence-corrected chi connectivity index (χ0v) is 26.6. The van der Waals surface area contributed by atoms with Crippen molar-refractivity contribution in [3.8, 4) is 17.0 Å². The molecule has 3 N–H and O–H groups in total. The Morgan fingerprint density at radius 1 is 1.22 bits per heavy atom. The average molecular weight is 738 g/mol. The van der Waals surface area contributed by atoms with E-state index in [0.717, 1.165) is 68.9 Å². The number of nitrogens with two attached hydrogens (primary N) is 1. The molecule has 37 heavy (non-hydrogen) atoms. The molecule has 3 rings (SSSR count). The number of ether oxygens (including phenoxy) is 1. The van der Waals surface area contributed by atoms with Crippen molar-refractivity contribution in [2.24, 2.45) is 11.7 Å². The monoisotopic (exact) mass is 737 g/mol. The first kappa shape index (κ1) is 31.8. The van der Waals surface area contributed by atoms with Gasteiger partial charge in [0.05, 0.1) is 6.61 Å². The summed E-state index contributed by atoms with van der Waals surface area (Å²) in [6, 6.07) is 9.79. The van der Waals surface area contributed by atoms with E-state index in [0.29, 0.717) is 36.2 Å². The fourth-order valence-electron chi connectivity index (χ4n) is 4.49. The molecule has 0 atom stereocenters. The van der Waals surface area contributed by atoms with E-state index in [4.69, 9.17) is 10.5 Å². The number of halogens is 2. The van der Waals surface area contributed by atoms with Crippen LogP contribution in [-0.2, 0) is 0 Å². The second kappa shape index (κ2) is 15.2. The normalized spacial score (nSPS) is 14.9. The molecule has 1 saturated heterocycles. The van der Waals surface area contributed by atoms with Crippen LogP contribution in [0.1, 0.15) is 58.4 Å². The van der Waals surface area contributed by atoms with Crippen molar-refractivity contribution >= 4 is 5.70 Å². The zero-order valence-electron chi connectivity index (χ0n) is 22.5. The van der Waals surface area contributed by atoms with E-state index in [-0.39, 0.29) is 36.9 Å². The molecule has 1 aliphatic heterocycles. The Labute approximate surface area is 245 Å². The van der Waals surface area contributed by atoms with Gasteiger partial charge in [-0.1, -0.05) is 19.1 Å². The summed E-state index contributed by atoms with van der Waals surface area (Å²) in [6.07, 6.45) is 6.53. The molecular weight excluding hydrogens is 696 g/mol. The van der Waals surface area contributed by atoms with Gasteiger partial charge in [0.1, 0.15) is 11.5 Å². The quantitative estimate of drug-likeness (QED) is 0.196. The Hall–Kier alpha value is -1.46. The van der Waals surface area contributed by atoms with Crippen LogP contribution in [0.2, 0.25) is 0 Å². The first-order valence-electron chi connectivity index (χ1n) is 12.9. The second-order valence-electron chi connectivity index (χ2n) is 10.5. The number of pyridine rings is 1. The van der Waals surface area contributed by atoms with Crippen molar-refractivity contribution in [2.75, 3.05) is 32.8 Å². The fourth-order valence-corrected chi connectivity index (χ4v) is 4.49. The molecule has 2 aromatic rings. The van der Waals surface area contributed by atoms with E-state index in [1.807, 2.05) is 25.1 Å². The number of likely N-dealkylation sites (tertiary alicyclic amines) is 1. The predicted molar refractivity (Wildman–Crippen MR) is 143 cm³/mol. The van der Waals surface area contributed by atoms with Crippen molar-refractivity contribution in [2.45, 2.75) is 58.5 Å². The number of rotatable bonds is 13. The average Bonchev–Trinajstić information content (AvgIpc) is 2.82. The summed E-state index contributed by atoms with van der Waals surface area (Å²) < 4.78 is 34.6. The number of alkyl halides is 1. The van der Waals surface area contributed by atoms with E-state index >= 15 is 0 Å². The zero-order chi connectivity index (χ0) is 26.1. The molecule has 1 aromatic heterocycles. The SMILES string of the molecule is C=C(NCCCC[C-](C)N)c1ccc(-c2ccc(OCC3CCN(CC(C)(C)F)CC3)nc2)cc1F.[U]. The van der Waals surface area contributed by atoms with Gasteiger partial charge >= 0.3 is 0 Å². The van der Waals surface area contributed by atoms with Crippen LogP contribution in [0, 0.1) is 48.9 Å². The molecule has 1 aliphatic rings. The van der Waals surface area contributed by atoms with Gasteiger partial charge in [-0.2, -0.15) is 13.3 Å². The van der Waals surface area contributed by atoms with Gasteiger partial charge < -0.3 is 20.7 Å². The first-order chi connectivity index (χ1) is 17.1. The molecule has 0 radical (unpaired) electrons. The Kier molecular flexibility index (Phi) is 13.1. The minimum absolute atomic E-state index is 0. The number of benzene rings is 1. The number of nitrogens with one attached hydrogen (secondary N) is 1. The predicted octanol–water partition coefficient (Wildman–Crippen LogP) is 5.97. The van der Waals surface area contributed by atoms with Crippen LogP contribution < -0.4 is 15.8 Å². The van der Waals surface area contributed by atoms with Gasteiger partial charge in [0, 0.05) is 73.3 Å². The molecule has 0 bridgehead atoms. The number of hydrogen-bond acceptors (Lipinski definition) is 5. The van der Waals surface area contributed by atoms with Crippen molar-refractivity contribution in [3.63, 3.8) is 0 Å². The van der Waals surface area contributed by atoms with Gasteiger partial charge in [0.2, 0.25) is 5.88 Å². The standard InChI is InChI=1S/C29H41F2N4O.U/c1-21(32)7-5-6-14-33-22(2)26-10-8-24(17-27(26)30)25-9-11-28(34-18-25)36-19-23-12-15-35(16-13-23)20-29(3,4)31;/h8-11,17-18,23,33H,2,5-7,12-16,19-20,32H2,1,3-4H3;/q-1;. The third-order valence-electron chi connectivity index (χ3n) is 6.47. The Morgan fingerprint density at radius 2 is 1.92 bits per heavy atom.